The number of aryl methyl sites for hydroxylation is 1. The molecule has 2 aromatic rings. The van der Waals surface area contributed by atoms with Crippen molar-refractivity contribution < 1.29 is 14.1 Å². The van der Waals surface area contributed by atoms with Gasteiger partial charge >= 0.3 is 0 Å². The number of amides is 1. The van der Waals surface area contributed by atoms with Crippen LogP contribution in [0, 0.1) is 0 Å². The van der Waals surface area contributed by atoms with Gasteiger partial charge in [-0.25, -0.2) is 0 Å². The van der Waals surface area contributed by atoms with E-state index in [9.17, 15) is 4.79 Å². The molecule has 0 saturated heterocycles. The molecule has 0 bridgehead atoms. The molecule has 21 heavy (non-hydrogen) atoms. The van der Waals surface area contributed by atoms with Crippen LogP contribution in [-0.4, -0.2) is 24.7 Å². The van der Waals surface area contributed by atoms with E-state index in [2.05, 4.69) is 15.8 Å². The SMILES string of the molecule is COCc1cc(C(=O)Nc2ccc3c(c2)CCCN3)no1. The lowest BCUT2D eigenvalue weighted by Crippen LogP contribution is -2.15. The van der Waals surface area contributed by atoms with E-state index in [-0.39, 0.29) is 11.6 Å². The molecule has 110 valence electrons. The first-order valence-corrected chi connectivity index (χ1v) is 6.89. The Morgan fingerprint density at radius 2 is 2.38 bits per heavy atom. The molecule has 2 N–H and O–H groups in total. The lowest BCUT2D eigenvalue weighted by atomic mass is 10.0. The van der Waals surface area contributed by atoms with Crippen molar-refractivity contribution in [1.29, 1.82) is 0 Å². The highest BCUT2D eigenvalue weighted by molar-refractivity contribution is 6.03. The first-order valence-electron chi connectivity index (χ1n) is 6.89. The summed E-state index contributed by atoms with van der Waals surface area (Å²) in [5.74, 6) is 0.238. The fourth-order valence-electron chi connectivity index (χ4n) is 2.38. The number of aromatic nitrogens is 1. The molecule has 0 unspecified atom stereocenters. The maximum absolute atomic E-state index is 12.1. The summed E-state index contributed by atoms with van der Waals surface area (Å²) in [6, 6.07) is 7.45. The number of hydrogen-bond donors (Lipinski definition) is 2. The summed E-state index contributed by atoms with van der Waals surface area (Å²) >= 11 is 0. The molecule has 0 fully saturated rings. The van der Waals surface area contributed by atoms with E-state index in [1.165, 1.54) is 5.56 Å². The van der Waals surface area contributed by atoms with Crippen LogP contribution in [0.2, 0.25) is 0 Å². The molecule has 6 nitrogen and oxygen atoms in total. The van der Waals surface area contributed by atoms with Crippen LogP contribution < -0.4 is 10.6 Å². The standard InChI is InChI=1S/C15H17N3O3/c1-20-9-12-8-14(18-21-12)15(19)17-11-4-5-13-10(7-11)3-2-6-16-13/h4-5,7-8,16H,2-3,6,9H2,1H3,(H,17,19). The molecule has 0 saturated carbocycles. The molecule has 1 aliphatic heterocycles. The molecule has 0 atom stereocenters. The fourth-order valence-corrected chi connectivity index (χ4v) is 2.38. The van der Waals surface area contributed by atoms with E-state index in [4.69, 9.17) is 9.26 Å². The van der Waals surface area contributed by atoms with Crippen LogP contribution in [0.1, 0.15) is 28.2 Å². The second-order valence-corrected chi connectivity index (χ2v) is 4.97. The molecule has 1 aliphatic rings. The third-order valence-electron chi connectivity index (χ3n) is 3.38. The Hall–Kier alpha value is -2.34. The van der Waals surface area contributed by atoms with Gasteiger partial charge in [0, 0.05) is 31.1 Å². The topological polar surface area (TPSA) is 76.4 Å². The molecule has 1 aromatic heterocycles. The monoisotopic (exact) mass is 287 g/mol. The predicted octanol–water partition coefficient (Wildman–Crippen LogP) is 2.43. The normalized spacial score (nSPS) is 13.4. The van der Waals surface area contributed by atoms with Crippen LogP contribution in [0.25, 0.3) is 0 Å². The molecular formula is C15H17N3O3. The highest BCUT2D eigenvalue weighted by Crippen LogP contribution is 2.25. The van der Waals surface area contributed by atoms with Gasteiger partial charge in [-0.05, 0) is 36.6 Å². The summed E-state index contributed by atoms with van der Waals surface area (Å²) in [4.78, 5) is 12.1. The Morgan fingerprint density at radius 3 is 3.24 bits per heavy atom. The summed E-state index contributed by atoms with van der Waals surface area (Å²) in [7, 11) is 1.56. The number of nitrogens with one attached hydrogen (secondary N) is 2. The van der Waals surface area contributed by atoms with E-state index in [0.717, 1.165) is 30.8 Å². The predicted molar refractivity (Wildman–Crippen MR) is 78.4 cm³/mol. The summed E-state index contributed by atoms with van der Waals surface area (Å²) in [6.45, 7) is 1.30. The van der Waals surface area contributed by atoms with E-state index in [0.29, 0.717) is 12.4 Å². The molecule has 2 heterocycles. The van der Waals surface area contributed by atoms with Gasteiger partial charge in [0.25, 0.3) is 5.91 Å². The van der Waals surface area contributed by atoms with E-state index >= 15 is 0 Å². The fraction of sp³-hybridized carbons (Fsp3) is 0.333. The highest BCUT2D eigenvalue weighted by Gasteiger charge is 2.14. The summed E-state index contributed by atoms with van der Waals surface area (Å²) in [6.07, 6.45) is 2.13. The van der Waals surface area contributed by atoms with Gasteiger partial charge in [-0.3, -0.25) is 4.79 Å². The number of rotatable bonds is 4. The van der Waals surface area contributed by atoms with Crippen molar-refractivity contribution in [2.45, 2.75) is 19.4 Å². The van der Waals surface area contributed by atoms with Gasteiger partial charge in [-0.15, -0.1) is 0 Å². The average molecular weight is 287 g/mol. The molecule has 1 aromatic carbocycles. The maximum atomic E-state index is 12.1. The molecule has 0 spiro atoms. The first kappa shape index (κ1) is 13.6. The molecule has 3 rings (SSSR count). The van der Waals surface area contributed by atoms with Gasteiger partial charge < -0.3 is 19.9 Å². The van der Waals surface area contributed by atoms with Crippen molar-refractivity contribution in [3.05, 3.63) is 41.3 Å². The number of carbonyl (C=O) groups excluding carboxylic acids is 1. The van der Waals surface area contributed by atoms with E-state index in [1.54, 1.807) is 13.2 Å². The quantitative estimate of drug-likeness (QED) is 0.903. The van der Waals surface area contributed by atoms with Gasteiger partial charge in [0.1, 0.15) is 6.61 Å². The Labute approximate surface area is 122 Å². The minimum Gasteiger partial charge on any atom is -0.385 e. The number of fused-ring (bicyclic) bond motifs is 1. The molecule has 6 heteroatoms. The zero-order valence-corrected chi connectivity index (χ0v) is 11.8. The van der Waals surface area contributed by atoms with Gasteiger partial charge in [0.2, 0.25) is 0 Å². The maximum Gasteiger partial charge on any atom is 0.277 e. The van der Waals surface area contributed by atoms with E-state index < -0.39 is 0 Å². The van der Waals surface area contributed by atoms with E-state index in [1.807, 2.05) is 18.2 Å². The Bertz CT molecular complexity index is 651. The lowest BCUT2D eigenvalue weighted by molar-refractivity contribution is 0.101. The first-order chi connectivity index (χ1) is 10.3. The zero-order valence-electron chi connectivity index (χ0n) is 11.8. The smallest absolute Gasteiger partial charge is 0.277 e. The molecule has 0 aliphatic carbocycles. The summed E-state index contributed by atoms with van der Waals surface area (Å²) in [5, 5.41) is 9.91. The van der Waals surface area contributed by atoms with Crippen LogP contribution in [0.4, 0.5) is 11.4 Å². The third kappa shape index (κ3) is 3.05. The van der Waals surface area contributed by atoms with Gasteiger partial charge in [-0.1, -0.05) is 5.16 Å². The second kappa shape index (κ2) is 5.97. The Morgan fingerprint density at radius 1 is 1.48 bits per heavy atom. The Balaban J connectivity index is 1.71. The average Bonchev–Trinajstić information content (AvgIpc) is 2.96. The number of anilines is 2. The van der Waals surface area contributed by atoms with Crippen LogP contribution in [0.5, 0.6) is 0 Å². The Kier molecular flexibility index (Phi) is 3.87. The number of nitrogens with zero attached hydrogens (tertiary/aromatic N) is 1. The summed E-state index contributed by atoms with van der Waals surface area (Å²) in [5.41, 5.74) is 3.37. The van der Waals surface area contributed by atoms with Crippen LogP contribution in [0.15, 0.2) is 28.8 Å². The van der Waals surface area contributed by atoms with Gasteiger partial charge in [0.15, 0.2) is 11.5 Å². The van der Waals surface area contributed by atoms with Crippen molar-refractivity contribution in [3.8, 4) is 0 Å². The minimum atomic E-state index is -0.287. The van der Waals surface area contributed by atoms with Crippen LogP contribution in [0.3, 0.4) is 0 Å². The number of ether oxygens (including phenoxy) is 1. The largest absolute Gasteiger partial charge is 0.385 e. The number of hydrogen-bond acceptors (Lipinski definition) is 5. The zero-order chi connectivity index (χ0) is 14.7. The van der Waals surface area contributed by atoms with Crippen molar-refractivity contribution in [3.63, 3.8) is 0 Å². The third-order valence-corrected chi connectivity index (χ3v) is 3.38. The van der Waals surface area contributed by atoms with Gasteiger partial charge in [0.05, 0.1) is 0 Å². The van der Waals surface area contributed by atoms with Crippen molar-refractivity contribution in [2.24, 2.45) is 0 Å². The molecular weight excluding hydrogens is 270 g/mol. The molecule has 1 amide bonds. The highest BCUT2D eigenvalue weighted by atomic mass is 16.5. The van der Waals surface area contributed by atoms with Crippen LogP contribution >= 0.6 is 0 Å². The second-order valence-electron chi connectivity index (χ2n) is 4.97. The van der Waals surface area contributed by atoms with Crippen molar-refractivity contribution >= 4 is 17.3 Å². The minimum absolute atomic E-state index is 0.248. The van der Waals surface area contributed by atoms with Gasteiger partial charge in [-0.2, -0.15) is 0 Å². The number of methoxy groups -OCH3 is 1. The number of carbonyl (C=O) groups is 1. The summed E-state index contributed by atoms with van der Waals surface area (Å²) < 4.78 is 9.94. The lowest BCUT2D eigenvalue weighted by Gasteiger charge is -2.18. The number of benzene rings is 1. The van der Waals surface area contributed by atoms with Crippen molar-refractivity contribution in [1.82, 2.24) is 5.16 Å². The van der Waals surface area contributed by atoms with Crippen LogP contribution in [-0.2, 0) is 17.8 Å². The molecule has 0 radical (unpaired) electrons. The van der Waals surface area contributed by atoms with Crippen molar-refractivity contribution in [2.75, 3.05) is 24.3 Å².